The van der Waals surface area contributed by atoms with E-state index in [0.29, 0.717) is 12.5 Å². The van der Waals surface area contributed by atoms with E-state index in [9.17, 15) is 14.0 Å². The van der Waals surface area contributed by atoms with Crippen molar-refractivity contribution in [3.05, 3.63) is 59.5 Å². The molecule has 138 valence electrons. The molecule has 3 N–H and O–H groups in total. The van der Waals surface area contributed by atoms with Crippen LogP contribution in [0.1, 0.15) is 18.1 Å². The van der Waals surface area contributed by atoms with Gasteiger partial charge < -0.3 is 20.7 Å². The average molecular weight is 360 g/mol. The van der Waals surface area contributed by atoms with Crippen LogP contribution in [-0.2, 0) is 17.9 Å². The van der Waals surface area contributed by atoms with Crippen molar-refractivity contribution in [1.82, 2.24) is 20.9 Å². The van der Waals surface area contributed by atoms with Crippen molar-refractivity contribution >= 4 is 11.9 Å². The predicted octanol–water partition coefficient (Wildman–Crippen LogP) is 1.73. The summed E-state index contributed by atoms with van der Waals surface area (Å²) >= 11 is 0. The van der Waals surface area contributed by atoms with E-state index in [1.165, 1.54) is 12.1 Å². The van der Waals surface area contributed by atoms with Crippen LogP contribution in [0.25, 0.3) is 0 Å². The predicted molar refractivity (Wildman–Crippen MR) is 93.9 cm³/mol. The second kappa shape index (κ2) is 9.97. The van der Waals surface area contributed by atoms with Crippen molar-refractivity contribution in [1.29, 1.82) is 0 Å². The zero-order chi connectivity index (χ0) is 18.8. The maximum Gasteiger partial charge on any atom is 0.315 e. The second-order valence-corrected chi connectivity index (χ2v) is 5.34. The van der Waals surface area contributed by atoms with Crippen LogP contribution in [0.3, 0.4) is 0 Å². The van der Waals surface area contributed by atoms with E-state index in [1.807, 2.05) is 6.92 Å². The molecule has 1 aromatic heterocycles. The van der Waals surface area contributed by atoms with Gasteiger partial charge in [0.05, 0.1) is 13.2 Å². The summed E-state index contributed by atoms with van der Waals surface area (Å²) in [4.78, 5) is 27.6. The molecule has 0 saturated heterocycles. The van der Waals surface area contributed by atoms with Gasteiger partial charge in [-0.1, -0.05) is 18.2 Å². The number of urea groups is 1. The highest BCUT2D eigenvalue weighted by atomic mass is 19.1. The molecule has 0 spiro atoms. The van der Waals surface area contributed by atoms with E-state index < -0.39 is 6.03 Å². The highest BCUT2D eigenvalue weighted by molar-refractivity contribution is 5.83. The summed E-state index contributed by atoms with van der Waals surface area (Å²) in [6, 6.07) is 8.86. The molecule has 0 atom stereocenters. The van der Waals surface area contributed by atoms with Gasteiger partial charge in [-0.2, -0.15) is 0 Å². The molecule has 3 amide bonds. The van der Waals surface area contributed by atoms with Crippen LogP contribution in [0.4, 0.5) is 9.18 Å². The van der Waals surface area contributed by atoms with Crippen LogP contribution in [0.5, 0.6) is 5.88 Å². The quantitative estimate of drug-likeness (QED) is 0.669. The number of pyridine rings is 1. The number of carbonyl (C=O) groups is 2. The number of hydrogen-bond acceptors (Lipinski definition) is 4. The summed E-state index contributed by atoms with van der Waals surface area (Å²) in [5, 5.41) is 7.74. The molecule has 0 saturated carbocycles. The summed E-state index contributed by atoms with van der Waals surface area (Å²) < 4.78 is 18.2. The van der Waals surface area contributed by atoms with Crippen molar-refractivity contribution < 1.29 is 18.7 Å². The van der Waals surface area contributed by atoms with Crippen LogP contribution in [0, 0.1) is 5.82 Å². The Kier molecular flexibility index (Phi) is 7.35. The maximum absolute atomic E-state index is 12.8. The Labute approximate surface area is 151 Å². The fourth-order valence-corrected chi connectivity index (χ4v) is 2.09. The van der Waals surface area contributed by atoms with E-state index in [4.69, 9.17) is 4.74 Å². The Morgan fingerprint density at radius 1 is 1.08 bits per heavy atom. The Morgan fingerprint density at radius 2 is 1.85 bits per heavy atom. The topological polar surface area (TPSA) is 92.3 Å². The molecule has 1 heterocycles. The maximum atomic E-state index is 12.8. The highest BCUT2D eigenvalue weighted by Gasteiger charge is 2.08. The van der Waals surface area contributed by atoms with Gasteiger partial charge in [-0.25, -0.2) is 14.2 Å². The molecular weight excluding hydrogens is 339 g/mol. The number of nitrogens with zero attached hydrogens (tertiary/aromatic N) is 1. The van der Waals surface area contributed by atoms with Crippen LogP contribution < -0.4 is 20.7 Å². The van der Waals surface area contributed by atoms with E-state index in [1.54, 1.807) is 30.5 Å². The van der Waals surface area contributed by atoms with E-state index in [0.717, 1.165) is 11.1 Å². The molecule has 2 rings (SSSR count). The zero-order valence-corrected chi connectivity index (χ0v) is 14.4. The Hall–Kier alpha value is -3.16. The summed E-state index contributed by atoms with van der Waals surface area (Å²) in [6.07, 6.45) is 1.61. The average Bonchev–Trinajstić information content (AvgIpc) is 2.65. The number of ether oxygens (including phenoxy) is 1. The minimum Gasteiger partial charge on any atom is -0.478 e. The van der Waals surface area contributed by atoms with Crippen LogP contribution in [0.2, 0.25) is 0 Å². The minimum atomic E-state index is -0.485. The zero-order valence-electron chi connectivity index (χ0n) is 14.4. The number of benzene rings is 1. The molecule has 0 fully saturated rings. The van der Waals surface area contributed by atoms with E-state index >= 15 is 0 Å². The number of nitrogens with one attached hydrogen (secondary N) is 3. The van der Waals surface area contributed by atoms with E-state index in [-0.39, 0.29) is 31.4 Å². The summed E-state index contributed by atoms with van der Waals surface area (Å²) in [6.45, 7) is 2.65. The van der Waals surface area contributed by atoms with Gasteiger partial charge in [0.15, 0.2) is 0 Å². The monoisotopic (exact) mass is 360 g/mol. The molecule has 0 bridgehead atoms. The standard InChI is InChI=1S/C18H21FN4O3/c1-2-26-17-14(4-3-9-20-17)11-21-16(24)12-23-18(25)22-10-13-5-7-15(19)8-6-13/h3-9H,2,10-12H2,1H3,(H,21,24)(H2,22,23,25). The lowest BCUT2D eigenvalue weighted by molar-refractivity contribution is -0.120. The molecule has 1 aromatic carbocycles. The van der Waals surface area contributed by atoms with Gasteiger partial charge in [0.2, 0.25) is 11.8 Å². The summed E-state index contributed by atoms with van der Waals surface area (Å²) in [7, 11) is 0. The lowest BCUT2D eigenvalue weighted by atomic mass is 10.2. The molecule has 0 radical (unpaired) electrons. The van der Waals surface area contributed by atoms with Crippen molar-refractivity contribution in [2.24, 2.45) is 0 Å². The van der Waals surface area contributed by atoms with Gasteiger partial charge >= 0.3 is 6.03 Å². The fraction of sp³-hybridized carbons (Fsp3) is 0.278. The number of hydrogen-bond donors (Lipinski definition) is 3. The molecule has 0 aliphatic rings. The SMILES string of the molecule is CCOc1ncccc1CNC(=O)CNC(=O)NCc1ccc(F)cc1. The third kappa shape index (κ3) is 6.39. The Balaban J connectivity index is 1.69. The van der Waals surface area contributed by atoms with Gasteiger partial charge in [-0.3, -0.25) is 4.79 Å². The van der Waals surface area contributed by atoms with Gasteiger partial charge in [0.1, 0.15) is 5.82 Å². The first-order valence-electron chi connectivity index (χ1n) is 8.18. The van der Waals surface area contributed by atoms with Gasteiger partial charge in [0, 0.05) is 24.8 Å². The first-order chi connectivity index (χ1) is 12.6. The molecule has 0 aliphatic carbocycles. The largest absolute Gasteiger partial charge is 0.478 e. The number of rotatable bonds is 8. The van der Waals surface area contributed by atoms with Crippen LogP contribution >= 0.6 is 0 Å². The van der Waals surface area contributed by atoms with Crippen molar-refractivity contribution in [2.45, 2.75) is 20.0 Å². The molecule has 26 heavy (non-hydrogen) atoms. The van der Waals surface area contributed by atoms with Crippen LogP contribution in [-0.4, -0.2) is 30.1 Å². The third-order valence-corrected chi connectivity index (χ3v) is 3.38. The molecule has 0 aliphatic heterocycles. The van der Waals surface area contributed by atoms with Gasteiger partial charge in [0.25, 0.3) is 0 Å². The molecule has 7 nitrogen and oxygen atoms in total. The van der Waals surface area contributed by atoms with Crippen molar-refractivity contribution in [3.63, 3.8) is 0 Å². The minimum absolute atomic E-state index is 0.167. The Bertz CT molecular complexity index is 737. The van der Waals surface area contributed by atoms with E-state index in [2.05, 4.69) is 20.9 Å². The Morgan fingerprint density at radius 3 is 2.58 bits per heavy atom. The molecular formula is C18H21FN4O3. The first kappa shape index (κ1) is 19.2. The highest BCUT2D eigenvalue weighted by Crippen LogP contribution is 2.13. The van der Waals surface area contributed by atoms with Crippen molar-refractivity contribution in [2.75, 3.05) is 13.2 Å². The number of halogens is 1. The second-order valence-electron chi connectivity index (χ2n) is 5.34. The first-order valence-corrected chi connectivity index (χ1v) is 8.18. The fourth-order valence-electron chi connectivity index (χ4n) is 2.09. The normalized spacial score (nSPS) is 10.1. The number of aromatic nitrogens is 1. The number of carbonyl (C=O) groups excluding carboxylic acids is 2. The smallest absolute Gasteiger partial charge is 0.315 e. The van der Waals surface area contributed by atoms with Gasteiger partial charge in [-0.05, 0) is 30.7 Å². The van der Waals surface area contributed by atoms with Gasteiger partial charge in [-0.15, -0.1) is 0 Å². The van der Waals surface area contributed by atoms with Crippen LogP contribution in [0.15, 0.2) is 42.6 Å². The lowest BCUT2D eigenvalue weighted by Crippen LogP contribution is -2.41. The third-order valence-electron chi connectivity index (χ3n) is 3.38. The summed E-state index contributed by atoms with van der Waals surface area (Å²) in [5.41, 5.74) is 1.51. The summed E-state index contributed by atoms with van der Waals surface area (Å²) in [5.74, 6) is -0.204. The molecule has 0 unspecified atom stereocenters. The molecule has 8 heteroatoms. The molecule has 2 aromatic rings. The number of amides is 3. The van der Waals surface area contributed by atoms with Crippen molar-refractivity contribution in [3.8, 4) is 5.88 Å². The lowest BCUT2D eigenvalue weighted by Gasteiger charge is -2.11.